The lowest BCUT2D eigenvalue weighted by molar-refractivity contribution is -0.128. The van der Waals surface area contributed by atoms with Gasteiger partial charge in [0.1, 0.15) is 18.7 Å². The van der Waals surface area contributed by atoms with Crippen molar-refractivity contribution in [1.82, 2.24) is 20.2 Å². The Kier molecular flexibility index (Phi) is 9.87. The molecule has 4 aromatic rings. The number of anilines is 1. The minimum atomic E-state index is -1.05. The van der Waals surface area contributed by atoms with E-state index in [0.29, 0.717) is 30.6 Å². The molecule has 0 spiro atoms. The summed E-state index contributed by atoms with van der Waals surface area (Å²) in [4.78, 5) is 53.4. The molecule has 232 valence electrons. The number of amides is 3. The van der Waals surface area contributed by atoms with Gasteiger partial charge in [-0.25, -0.2) is 4.79 Å². The van der Waals surface area contributed by atoms with Crippen molar-refractivity contribution < 1.29 is 19.1 Å². The number of nitrogens with zero attached hydrogens (tertiary/aromatic N) is 4. The maximum absolute atomic E-state index is 14.7. The van der Waals surface area contributed by atoms with Gasteiger partial charge in [-0.3, -0.25) is 29.4 Å². The first kappa shape index (κ1) is 31.4. The molecule has 0 saturated carbocycles. The van der Waals surface area contributed by atoms with Gasteiger partial charge in [-0.15, -0.1) is 0 Å². The SMILES string of the molecule is CC(C)(C)c1ccc(N(C(=O)[C@H]2CCCN2C(=O)OCc2ccccc2)C(C(=O)NCc2ccncc2)c2cccnc2)cc1. The highest BCUT2D eigenvalue weighted by molar-refractivity contribution is 6.04. The van der Waals surface area contributed by atoms with Crippen LogP contribution in [0.5, 0.6) is 0 Å². The predicted molar refractivity (Wildman–Crippen MR) is 172 cm³/mol. The Balaban J connectivity index is 1.49. The Morgan fingerprint density at radius 2 is 1.64 bits per heavy atom. The first-order valence-corrected chi connectivity index (χ1v) is 15.2. The number of carbonyl (C=O) groups excluding carboxylic acids is 3. The zero-order valence-electron chi connectivity index (χ0n) is 25.9. The smallest absolute Gasteiger partial charge is 0.410 e. The second-order valence-corrected chi connectivity index (χ2v) is 12.2. The Morgan fingerprint density at radius 3 is 2.31 bits per heavy atom. The predicted octanol–water partition coefficient (Wildman–Crippen LogP) is 5.97. The number of pyridine rings is 2. The summed E-state index contributed by atoms with van der Waals surface area (Å²) in [7, 11) is 0. The zero-order chi connectivity index (χ0) is 31.8. The third-order valence-corrected chi connectivity index (χ3v) is 7.95. The van der Waals surface area contributed by atoms with Crippen LogP contribution < -0.4 is 10.2 Å². The summed E-state index contributed by atoms with van der Waals surface area (Å²) >= 11 is 0. The molecule has 5 rings (SSSR count). The second kappa shape index (κ2) is 14.2. The lowest BCUT2D eigenvalue weighted by atomic mass is 9.87. The zero-order valence-corrected chi connectivity index (χ0v) is 25.9. The number of benzene rings is 2. The summed E-state index contributed by atoms with van der Waals surface area (Å²) in [6, 6.07) is 22.4. The molecule has 1 aliphatic rings. The van der Waals surface area contributed by atoms with Gasteiger partial charge in [0.05, 0.1) is 0 Å². The van der Waals surface area contributed by atoms with Gasteiger partial charge in [0.2, 0.25) is 5.91 Å². The van der Waals surface area contributed by atoms with Crippen molar-refractivity contribution in [2.45, 2.75) is 64.3 Å². The highest BCUT2D eigenvalue weighted by atomic mass is 16.6. The Labute approximate surface area is 264 Å². The number of aromatic nitrogens is 2. The van der Waals surface area contributed by atoms with E-state index in [9.17, 15) is 14.4 Å². The van der Waals surface area contributed by atoms with Crippen LogP contribution in [0.4, 0.5) is 10.5 Å². The molecule has 0 bridgehead atoms. The number of carbonyl (C=O) groups is 3. The topological polar surface area (TPSA) is 105 Å². The summed E-state index contributed by atoms with van der Waals surface area (Å²) in [5.41, 5.74) is 3.81. The molecule has 2 aromatic heterocycles. The van der Waals surface area contributed by atoms with Gasteiger partial charge in [0, 0.05) is 49.1 Å². The number of hydrogen-bond acceptors (Lipinski definition) is 6. The van der Waals surface area contributed by atoms with E-state index >= 15 is 0 Å². The monoisotopic (exact) mass is 605 g/mol. The molecule has 1 unspecified atom stereocenters. The first-order chi connectivity index (χ1) is 21.7. The van der Waals surface area contributed by atoms with Crippen LogP contribution in [-0.4, -0.2) is 45.4 Å². The Bertz CT molecular complexity index is 1580. The van der Waals surface area contributed by atoms with E-state index in [0.717, 1.165) is 16.7 Å². The second-order valence-electron chi connectivity index (χ2n) is 12.2. The maximum atomic E-state index is 14.7. The van der Waals surface area contributed by atoms with Gasteiger partial charge < -0.3 is 10.1 Å². The van der Waals surface area contributed by atoms with Crippen LogP contribution >= 0.6 is 0 Å². The summed E-state index contributed by atoms with van der Waals surface area (Å²) in [5, 5.41) is 3.01. The molecule has 45 heavy (non-hydrogen) atoms. The Hall–Kier alpha value is -5.05. The average Bonchev–Trinajstić information content (AvgIpc) is 3.56. The van der Waals surface area contributed by atoms with Crippen molar-refractivity contribution in [1.29, 1.82) is 0 Å². The number of ether oxygens (including phenoxy) is 1. The molecule has 1 N–H and O–H groups in total. The van der Waals surface area contributed by atoms with Crippen molar-refractivity contribution in [3.63, 3.8) is 0 Å². The Morgan fingerprint density at radius 1 is 0.911 bits per heavy atom. The molecule has 1 saturated heterocycles. The minimum Gasteiger partial charge on any atom is -0.445 e. The van der Waals surface area contributed by atoms with E-state index in [1.807, 2.05) is 66.7 Å². The number of hydrogen-bond donors (Lipinski definition) is 1. The van der Waals surface area contributed by atoms with Crippen LogP contribution in [0, 0.1) is 0 Å². The molecular formula is C36H39N5O4. The molecule has 1 fully saturated rings. The third kappa shape index (κ3) is 7.73. The number of likely N-dealkylation sites (tertiary alicyclic amines) is 1. The maximum Gasteiger partial charge on any atom is 0.410 e. The van der Waals surface area contributed by atoms with Crippen molar-refractivity contribution >= 4 is 23.6 Å². The summed E-state index contributed by atoms with van der Waals surface area (Å²) < 4.78 is 5.63. The molecule has 1 aliphatic heterocycles. The van der Waals surface area contributed by atoms with E-state index in [2.05, 4.69) is 36.1 Å². The van der Waals surface area contributed by atoms with Gasteiger partial charge >= 0.3 is 6.09 Å². The molecule has 3 heterocycles. The van der Waals surface area contributed by atoms with E-state index in [1.165, 1.54) is 9.80 Å². The van der Waals surface area contributed by atoms with Crippen molar-refractivity contribution in [2.75, 3.05) is 11.4 Å². The van der Waals surface area contributed by atoms with Gasteiger partial charge in [0.25, 0.3) is 5.91 Å². The molecule has 2 atom stereocenters. The normalized spacial score (nSPS) is 15.3. The lowest BCUT2D eigenvalue weighted by Gasteiger charge is -2.35. The highest BCUT2D eigenvalue weighted by Gasteiger charge is 2.42. The van der Waals surface area contributed by atoms with Gasteiger partial charge in [0.15, 0.2) is 0 Å². The van der Waals surface area contributed by atoms with Crippen molar-refractivity contribution in [2.24, 2.45) is 0 Å². The van der Waals surface area contributed by atoms with Crippen molar-refractivity contribution in [3.8, 4) is 0 Å². The number of rotatable bonds is 9. The fraction of sp³-hybridized carbons (Fsp3) is 0.306. The van der Waals surface area contributed by atoms with E-state index in [-0.39, 0.29) is 30.4 Å². The molecule has 2 aromatic carbocycles. The van der Waals surface area contributed by atoms with Crippen LogP contribution in [0.25, 0.3) is 0 Å². The molecule has 3 amide bonds. The van der Waals surface area contributed by atoms with E-state index in [4.69, 9.17) is 4.74 Å². The van der Waals surface area contributed by atoms with Crippen LogP contribution in [0.2, 0.25) is 0 Å². The molecule has 0 aliphatic carbocycles. The lowest BCUT2D eigenvalue weighted by Crippen LogP contribution is -2.52. The molecule has 9 nitrogen and oxygen atoms in total. The largest absolute Gasteiger partial charge is 0.445 e. The summed E-state index contributed by atoms with van der Waals surface area (Å²) in [5.74, 6) is -0.732. The fourth-order valence-corrected chi connectivity index (χ4v) is 5.47. The summed E-state index contributed by atoms with van der Waals surface area (Å²) in [6.45, 7) is 7.09. The average molecular weight is 606 g/mol. The van der Waals surface area contributed by atoms with E-state index in [1.54, 1.807) is 36.9 Å². The first-order valence-electron chi connectivity index (χ1n) is 15.2. The quantitative estimate of drug-likeness (QED) is 0.252. The van der Waals surface area contributed by atoms with Gasteiger partial charge in [-0.2, -0.15) is 0 Å². The molecule has 9 heteroatoms. The van der Waals surface area contributed by atoms with Crippen LogP contribution in [0.1, 0.15) is 61.9 Å². The minimum absolute atomic E-state index is 0.102. The van der Waals surface area contributed by atoms with Gasteiger partial charge in [-0.05, 0) is 65.3 Å². The van der Waals surface area contributed by atoms with Crippen LogP contribution in [-0.2, 0) is 32.9 Å². The fourth-order valence-electron chi connectivity index (χ4n) is 5.47. The van der Waals surface area contributed by atoms with Gasteiger partial charge in [-0.1, -0.05) is 69.3 Å². The third-order valence-electron chi connectivity index (χ3n) is 7.95. The standard InChI is InChI=1S/C36H39N5O4/c1-36(2,3)29-13-15-30(16-14-29)41(32(28-11-7-19-38-24-28)33(42)39-23-26-17-20-37-21-18-26)34(43)31-12-8-22-40(31)35(44)45-25-27-9-5-4-6-10-27/h4-7,9-11,13-21,24,31-32H,8,12,22-23,25H2,1-3H3,(H,39,42)/t31-,32?/m1/s1. The van der Waals surface area contributed by atoms with Crippen LogP contribution in [0.15, 0.2) is 104 Å². The van der Waals surface area contributed by atoms with Crippen molar-refractivity contribution in [3.05, 3.63) is 126 Å². The number of nitrogens with one attached hydrogen (secondary N) is 1. The summed E-state index contributed by atoms with van der Waals surface area (Å²) in [6.07, 6.45) is 7.09. The van der Waals surface area contributed by atoms with Crippen LogP contribution in [0.3, 0.4) is 0 Å². The molecular weight excluding hydrogens is 566 g/mol. The molecule has 0 radical (unpaired) electrons. The van der Waals surface area contributed by atoms with E-state index < -0.39 is 18.2 Å². The highest BCUT2D eigenvalue weighted by Crippen LogP contribution is 2.33.